The lowest BCUT2D eigenvalue weighted by atomic mass is 10.2. The third-order valence-corrected chi connectivity index (χ3v) is 1.13. The highest BCUT2D eigenvalue weighted by molar-refractivity contribution is 5.96. The second kappa shape index (κ2) is 5.47. The first-order chi connectivity index (χ1) is 5.26. The second-order valence-corrected chi connectivity index (χ2v) is 1.94. The molecule has 11 heavy (non-hydrogen) atoms. The van der Waals surface area contributed by atoms with Gasteiger partial charge in [-0.1, -0.05) is 30.9 Å². The van der Waals surface area contributed by atoms with Gasteiger partial charge < -0.3 is 5.32 Å². The predicted octanol–water partition coefficient (Wildman–Crippen LogP) is 1.42. The quantitative estimate of drug-likeness (QED) is 0.479. The lowest BCUT2D eigenvalue weighted by molar-refractivity contribution is -0.116. The molecule has 0 heterocycles. The molecule has 0 saturated heterocycles. The van der Waals surface area contributed by atoms with Gasteiger partial charge in [0.25, 0.3) is 5.91 Å². The minimum absolute atomic E-state index is 0.0944. The fraction of sp³-hybridized carbons (Fsp3) is 0.222. The lowest BCUT2D eigenvalue weighted by Gasteiger charge is -1.97. The number of rotatable bonds is 3. The Morgan fingerprint density at radius 1 is 1.55 bits per heavy atom. The molecule has 0 aromatic rings. The number of hydrogen-bond acceptors (Lipinski definition) is 1. The zero-order valence-corrected chi connectivity index (χ0v) is 6.92. The Kier molecular flexibility index (Phi) is 4.82. The van der Waals surface area contributed by atoms with Crippen LogP contribution in [0.25, 0.3) is 0 Å². The minimum atomic E-state index is -0.0944. The lowest BCUT2D eigenvalue weighted by Crippen LogP contribution is -2.18. The van der Waals surface area contributed by atoms with Crippen molar-refractivity contribution in [2.45, 2.75) is 6.92 Å². The first-order valence-electron chi connectivity index (χ1n) is 3.43. The molecule has 0 spiro atoms. The molecule has 2 heteroatoms. The number of carbonyl (C=O) groups is 1. The van der Waals surface area contributed by atoms with E-state index in [0.717, 1.165) is 0 Å². The number of hydrogen-bond donors (Lipinski definition) is 1. The van der Waals surface area contributed by atoms with Gasteiger partial charge in [0.15, 0.2) is 0 Å². The van der Waals surface area contributed by atoms with Gasteiger partial charge in [-0.05, 0) is 6.92 Å². The molecule has 1 amide bonds. The summed E-state index contributed by atoms with van der Waals surface area (Å²) in [5.74, 6) is -0.0944. The molecule has 60 valence electrons. The van der Waals surface area contributed by atoms with E-state index >= 15 is 0 Å². The zero-order chi connectivity index (χ0) is 8.69. The molecule has 0 unspecified atom stereocenters. The Bertz CT molecular complexity index is 202. The average Bonchev–Trinajstić information content (AvgIpc) is 2.03. The van der Waals surface area contributed by atoms with Crippen molar-refractivity contribution in [3.05, 3.63) is 36.5 Å². The summed E-state index contributed by atoms with van der Waals surface area (Å²) in [4.78, 5) is 11.0. The van der Waals surface area contributed by atoms with Crippen molar-refractivity contribution in [3.63, 3.8) is 0 Å². The molecule has 0 fully saturated rings. The average molecular weight is 151 g/mol. The maximum atomic E-state index is 11.0. The number of likely N-dealkylation sites (N-methyl/N-ethyl adjacent to an activating group) is 1. The van der Waals surface area contributed by atoms with Crippen molar-refractivity contribution >= 4 is 5.91 Å². The molecule has 0 aliphatic carbocycles. The maximum absolute atomic E-state index is 11.0. The molecule has 0 aliphatic heterocycles. The van der Waals surface area contributed by atoms with Crippen LogP contribution in [0.1, 0.15) is 6.92 Å². The van der Waals surface area contributed by atoms with Gasteiger partial charge in [0.05, 0.1) is 0 Å². The van der Waals surface area contributed by atoms with Gasteiger partial charge in [0.1, 0.15) is 0 Å². The summed E-state index contributed by atoms with van der Waals surface area (Å²) >= 11 is 0. The predicted molar refractivity (Wildman–Crippen MR) is 47.2 cm³/mol. The molecule has 0 aromatic heterocycles. The van der Waals surface area contributed by atoms with Crippen LogP contribution in [-0.4, -0.2) is 13.0 Å². The van der Waals surface area contributed by atoms with E-state index in [1.54, 1.807) is 25.3 Å². The fourth-order valence-corrected chi connectivity index (χ4v) is 0.658. The minimum Gasteiger partial charge on any atom is -0.355 e. The summed E-state index contributed by atoms with van der Waals surface area (Å²) in [6, 6.07) is 0. The first kappa shape index (κ1) is 9.69. The van der Waals surface area contributed by atoms with Crippen LogP contribution >= 0.6 is 0 Å². The van der Waals surface area contributed by atoms with Crippen LogP contribution in [0.5, 0.6) is 0 Å². The third kappa shape index (κ3) is 3.40. The molecular formula is C9H13NO. The van der Waals surface area contributed by atoms with Crippen molar-refractivity contribution in [3.8, 4) is 0 Å². The summed E-state index contributed by atoms with van der Waals surface area (Å²) in [5, 5.41) is 2.53. The number of nitrogens with one attached hydrogen (secondary N) is 1. The molecule has 2 nitrogen and oxygen atoms in total. The zero-order valence-electron chi connectivity index (χ0n) is 6.92. The smallest absolute Gasteiger partial charge is 0.251 e. The van der Waals surface area contributed by atoms with Gasteiger partial charge in [0, 0.05) is 12.6 Å². The standard InChI is InChI=1S/C9H13NO/c1-4-6-8(7-5-2)9(11)10-3/h4-7H,1H2,2-3H3,(H,10,11)/b7-5-,8-6+. The van der Waals surface area contributed by atoms with Crippen molar-refractivity contribution < 1.29 is 4.79 Å². The highest BCUT2D eigenvalue weighted by atomic mass is 16.1. The Morgan fingerprint density at radius 2 is 2.18 bits per heavy atom. The van der Waals surface area contributed by atoms with Crippen molar-refractivity contribution in [2.24, 2.45) is 0 Å². The van der Waals surface area contributed by atoms with Gasteiger partial charge in [-0.15, -0.1) is 0 Å². The molecule has 0 aromatic carbocycles. The summed E-state index contributed by atoms with van der Waals surface area (Å²) in [7, 11) is 1.60. The van der Waals surface area contributed by atoms with Gasteiger partial charge in [0.2, 0.25) is 0 Å². The van der Waals surface area contributed by atoms with Crippen molar-refractivity contribution in [2.75, 3.05) is 7.05 Å². The summed E-state index contributed by atoms with van der Waals surface area (Å²) in [6.45, 7) is 5.37. The summed E-state index contributed by atoms with van der Waals surface area (Å²) < 4.78 is 0. The molecule has 0 rings (SSSR count). The van der Waals surface area contributed by atoms with E-state index in [2.05, 4.69) is 11.9 Å². The SMILES string of the molecule is C=C/C=C(\C=C/C)C(=O)NC. The van der Waals surface area contributed by atoms with Crippen molar-refractivity contribution in [1.29, 1.82) is 0 Å². The Morgan fingerprint density at radius 3 is 2.55 bits per heavy atom. The van der Waals surface area contributed by atoms with E-state index in [1.165, 1.54) is 0 Å². The topological polar surface area (TPSA) is 29.1 Å². The largest absolute Gasteiger partial charge is 0.355 e. The highest BCUT2D eigenvalue weighted by Crippen LogP contribution is 1.96. The van der Waals surface area contributed by atoms with Crippen LogP contribution in [-0.2, 0) is 4.79 Å². The van der Waals surface area contributed by atoms with E-state index in [1.807, 2.05) is 13.0 Å². The molecule has 0 atom stereocenters. The van der Waals surface area contributed by atoms with Crippen molar-refractivity contribution in [1.82, 2.24) is 5.32 Å². The van der Waals surface area contributed by atoms with Crippen LogP contribution in [0, 0.1) is 0 Å². The van der Waals surface area contributed by atoms with Crippen LogP contribution in [0.2, 0.25) is 0 Å². The van der Waals surface area contributed by atoms with Gasteiger partial charge in [-0.3, -0.25) is 4.79 Å². The maximum Gasteiger partial charge on any atom is 0.251 e. The van der Waals surface area contributed by atoms with Gasteiger partial charge in [-0.2, -0.15) is 0 Å². The molecular weight excluding hydrogens is 138 g/mol. The van der Waals surface area contributed by atoms with Crippen LogP contribution in [0.3, 0.4) is 0 Å². The van der Waals surface area contributed by atoms with Crippen LogP contribution < -0.4 is 5.32 Å². The third-order valence-electron chi connectivity index (χ3n) is 1.13. The van der Waals surface area contributed by atoms with Gasteiger partial charge >= 0.3 is 0 Å². The first-order valence-corrected chi connectivity index (χ1v) is 3.43. The normalized spacial score (nSPS) is 11.6. The van der Waals surface area contributed by atoms with E-state index in [4.69, 9.17) is 0 Å². The Labute approximate surface area is 67.3 Å². The molecule has 0 saturated carbocycles. The Hall–Kier alpha value is -1.31. The number of allylic oxidation sites excluding steroid dienone is 3. The summed E-state index contributed by atoms with van der Waals surface area (Å²) in [6.07, 6.45) is 6.80. The number of amides is 1. The second-order valence-electron chi connectivity index (χ2n) is 1.94. The van der Waals surface area contributed by atoms with Crippen LogP contribution in [0.4, 0.5) is 0 Å². The molecule has 0 radical (unpaired) electrons. The van der Waals surface area contributed by atoms with E-state index in [-0.39, 0.29) is 5.91 Å². The number of carbonyl (C=O) groups excluding carboxylic acids is 1. The van der Waals surface area contributed by atoms with E-state index < -0.39 is 0 Å². The highest BCUT2D eigenvalue weighted by Gasteiger charge is 1.99. The molecule has 0 aliphatic rings. The summed E-state index contributed by atoms with van der Waals surface area (Å²) in [5.41, 5.74) is 0.616. The van der Waals surface area contributed by atoms with Gasteiger partial charge in [-0.25, -0.2) is 0 Å². The monoisotopic (exact) mass is 151 g/mol. The Balaban J connectivity index is 4.46. The fourth-order valence-electron chi connectivity index (χ4n) is 0.658. The molecule has 0 bridgehead atoms. The van der Waals surface area contributed by atoms with Crippen LogP contribution in [0.15, 0.2) is 36.5 Å². The van der Waals surface area contributed by atoms with E-state index in [9.17, 15) is 4.79 Å². The molecule has 1 N–H and O–H groups in total. The van der Waals surface area contributed by atoms with E-state index in [0.29, 0.717) is 5.57 Å².